The Morgan fingerprint density at radius 2 is 1.90 bits per heavy atom. The van der Waals surface area contributed by atoms with Crippen LogP contribution >= 0.6 is 34.5 Å². The Kier molecular flexibility index (Phi) is 4.76. The van der Waals surface area contributed by atoms with Crippen LogP contribution in [0, 0.1) is 6.92 Å². The molecule has 0 saturated carbocycles. The molecule has 0 aliphatic carbocycles. The van der Waals surface area contributed by atoms with Crippen molar-refractivity contribution in [1.29, 1.82) is 0 Å². The van der Waals surface area contributed by atoms with E-state index < -0.39 is 10.0 Å². The summed E-state index contributed by atoms with van der Waals surface area (Å²) < 4.78 is 26.8. The zero-order chi connectivity index (χ0) is 14.9. The van der Waals surface area contributed by atoms with Crippen molar-refractivity contribution in [2.45, 2.75) is 18.4 Å². The third-order valence-corrected chi connectivity index (χ3v) is 6.52. The highest BCUT2D eigenvalue weighted by molar-refractivity contribution is 7.89. The Hall–Kier alpha value is -0.590. The van der Waals surface area contributed by atoms with Crippen LogP contribution in [0.2, 0.25) is 8.67 Å². The molecule has 2 aromatic rings. The molecule has 0 fully saturated rings. The van der Waals surface area contributed by atoms with Gasteiger partial charge in [-0.05, 0) is 24.1 Å². The van der Waals surface area contributed by atoms with Crippen molar-refractivity contribution in [2.24, 2.45) is 0 Å². The molecule has 0 aliphatic heterocycles. The highest BCUT2D eigenvalue weighted by atomic mass is 35.5. The van der Waals surface area contributed by atoms with Gasteiger partial charge in [-0.3, -0.25) is 0 Å². The molecule has 0 bridgehead atoms. The number of aryl methyl sites for hydroxylation is 1. The van der Waals surface area contributed by atoms with Gasteiger partial charge in [0, 0.05) is 13.6 Å². The summed E-state index contributed by atoms with van der Waals surface area (Å²) in [5, 5.41) is 0. The van der Waals surface area contributed by atoms with Gasteiger partial charge in [0.1, 0.15) is 9.23 Å². The first-order valence-electron chi connectivity index (χ1n) is 5.78. The minimum Gasteiger partial charge on any atom is -0.207 e. The monoisotopic (exact) mass is 349 g/mol. The number of halogens is 2. The molecule has 1 aromatic carbocycles. The molecule has 0 spiro atoms. The highest BCUT2D eigenvalue weighted by Crippen LogP contribution is 2.35. The second kappa shape index (κ2) is 6.03. The number of hydrogen-bond donors (Lipinski definition) is 0. The summed E-state index contributed by atoms with van der Waals surface area (Å²) in [6.45, 7) is 2.24. The smallest absolute Gasteiger partial charge is 0.207 e. The van der Waals surface area contributed by atoms with E-state index in [-0.39, 0.29) is 9.23 Å². The van der Waals surface area contributed by atoms with Crippen LogP contribution < -0.4 is 0 Å². The number of nitrogens with zero attached hydrogens (tertiary/aromatic N) is 1. The molecule has 20 heavy (non-hydrogen) atoms. The van der Waals surface area contributed by atoms with E-state index in [0.717, 1.165) is 22.5 Å². The topological polar surface area (TPSA) is 37.4 Å². The van der Waals surface area contributed by atoms with Gasteiger partial charge in [-0.2, -0.15) is 4.31 Å². The first-order valence-corrected chi connectivity index (χ1v) is 8.79. The van der Waals surface area contributed by atoms with Crippen LogP contribution in [0.15, 0.2) is 35.2 Å². The molecule has 1 heterocycles. The van der Waals surface area contributed by atoms with Gasteiger partial charge in [0.15, 0.2) is 0 Å². The molecule has 0 radical (unpaired) electrons. The maximum absolute atomic E-state index is 12.5. The summed E-state index contributed by atoms with van der Waals surface area (Å²) in [4.78, 5) is 0.0604. The van der Waals surface area contributed by atoms with Crippen LogP contribution in [-0.2, 0) is 16.6 Å². The average Bonchev–Trinajstić information content (AvgIpc) is 2.72. The van der Waals surface area contributed by atoms with Crippen molar-refractivity contribution in [1.82, 2.24) is 4.31 Å². The molecule has 0 aliphatic rings. The van der Waals surface area contributed by atoms with Crippen LogP contribution in [-0.4, -0.2) is 19.8 Å². The van der Waals surface area contributed by atoms with E-state index in [9.17, 15) is 8.42 Å². The van der Waals surface area contributed by atoms with E-state index in [1.54, 1.807) is 0 Å². The third kappa shape index (κ3) is 3.18. The summed E-state index contributed by atoms with van der Waals surface area (Å²) in [5.41, 5.74) is 2.00. The second-order valence-electron chi connectivity index (χ2n) is 4.38. The van der Waals surface area contributed by atoms with E-state index in [2.05, 4.69) is 0 Å². The van der Waals surface area contributed by atoms with E-state index in [4.69, 9.17) is 23.2 Å². The lowest BCUT2D eigenvalue weighted by atomic mass is 10.1. The fourth-order valence-electron chi connectivity index (χ4n) is 1.78. The van der Waals surface area contributed by atoms with E-state index in [0.29, 0.717) is 10.9 Å². The molecular weight excluding hydrogens is 337 g/mol. The molecule has 0 atom stereocenters. The van der Waals surface area contributed by atoms with Crippen molar-refractivity contribution in [3.8, 4) is 0 Å². The fourth-order valence-corrected chi connectivity index (χ4v) is 5.04. The summed E-state index contributed by atoms with van der Waals surface area (Å²) >= 11 is 12.8. The van der Waals surface area contributed by atoms with Crippen LogP contribution in [0.1, 0.15) is 11.1 Å². The van der Waals surface area contributed by atoms with Gasteiger partial charge >= 0.3 is 0 Å². The van der Waals surface area contributed by atoms with Crippen molar-refractivity contribution in [3.05, 3.63) is 50.1 Å². The number of sulfonamides is 1. The van der Waals surface area contributed by atoms with Crippen LogP contribution in [0.25, 0.3) is 0 Å². The van der Waals surface area contributed by atoms with Gasteiger partial charge in [0.05, 0.1) is 4.34 Å². The standard InChI is InChI=1S/C13H13Cl2NO2S2/c1-9-5-3-4-6-10(9)8-16(2)20(17,18)11-7-12(14)19-13(11)15/h3-7H,8H2,1-2H3. The summed E-state index contributed by atoms with van der Waals surface area (Å²) in [7, 11) is -2.10. The van der Waals surface area contributed by atoms with Crippen molar-refractivity contribution in [2.75, 3.05) is 7.05 Å². The number of thiophene rings is 1. The summed E-state index contributed by atoms with van der Waals surface area (Å²) in [6.07, 6.45) is 0. The highest BCUT2D eigenvalue weighted by Gasteiger charge is 2.26. The molecule has 2 rings (SSSR count). The first kappa shape index (κ1) is 15.8. The molecule has 0 N–H and O–H groups in total. The molecule has 0 saturated heterocycles. The Balaban J connectivity index is 2.31. The van der Waals surface area contributed by atoms with E-state index in [1.165, 1.54) is 17.4 Å². The van der Waals surface area contributed by atoms with Gasteiger partial charge in [-0.1, -0.05) is 47.5 Å². The summed E-state index contributed by atoms with van der Waals surface area (Å²) in [5.74, 6) is 0. The SMILES string of the molecule is Cc1ccccc1CN(C)S(=O)(=O)c1cc(Cl)sc1Cl. The zero-order valence-corrected chi connectivity index (χ0v) is 14.1. The molecule has 108 valence electrons. The zero-order valence-electron chi connectivity index (χ0n) is 10.9. The van der Waals surface area contributed by atoms with Crippen molar-refractivity contribution in [3.63, 3.8) is 0 Å². The third-order valence-electron chi connectivity index (χ3n) is 2.97. The Labute approximate surface area is 132 Å². The lowest BCUT2D eigenvalue weighted by molar-refractivity contribution is 0.466. The Bertz CT molecular complexity index is 726. The van der Waals surface area contributed by atoms with Crippen LogP contribution in [0.3, 0.4) is 0 Å². The summed E-state index contributed by atoms with van der Waals surface area (Å²) in [6, 6.07) is 9.05. The van der Waals surface area contributed by atoms with Gasteiger partial charge in [0.2, 0.25) is 10.0 Å². The lowest BCUT2D eigenvalue weighted by Gasteiger charge is -2.17. The molecule has 3 nitrogen and oxygen atoms in total. The maximum Gasteiger partial charge on any atom is 0.245 e. The second-order valence-corrected chi connectivity index (χ2v) is 8.67. The Morgan fingerprint density at radius 1 is 1.25 bits per heavy atom. The normalized spacial score (nSPS) is 12.1. The minimum absolute atomic E-state index is 0.0604. The minimum atomic E-state index is -3.64. The molecular formula is C13H13Cl2NO2S2. The number of hydrogen-bond acceptors (Lipinski definition) is 3. The molecule has 0 amide bonds. The van der Waals surface area contributed by atoms with E-state index >= 15 is 0 Å². The molecule has 7 heteroatoms. The van der Waals surface area contributed by atoms with Crippen LogP contribution in [0.4, 0.5) is 0 Å². The lowest BCUT2D eigenvalue weighted by Crippen LogP contribution is -2.26. The van der Waals surface area contributed by atoms with Gasteiger partial charge < -0.3 is 0 Å². The maximum atomic E-state index is 12.5. The van der Waals surface area contributed by atoms with Gasteiger partial charge in [-0.25, -0.2) is 8.42 Å². The largest absolute Gasteiger partial charge is 0.245 e. The quantitative estimate of drug-likeness (QED) is 0.829. The fraction of sp³-hybridized carbons (Fsp3) is 0.231. The predicted octanol–water partition coefficient (Wildman–Crippen LogP) is 4.18. The molecule has 0 unspecified atom stereocenters. The van der Waals surface area contributed by atoms with E-state index in [1.807, 2.05) is 31.2 Å². The molecule has 1 aromatic heterocycles. The number of benzene rings is 1. The van der Waals surface area contributed by atoms with Gasteiger partial charge in [-0.15, -0.1) is 11.3 Å². The first-order chi connectivity index (χ1) is 9.32. The predicted molar refractivity (Wildman–Crippen MR) is 84.2 cm³/mol. The van der Waals surface area contributed by atoms with Crippen molar-refractivity contribution >= 4 is 44.6 Å². The average molecular weight is 350 g/mol. The number of rotatable bonds is 4. The van der Waals surface area contributed by atoms with Gasteiger partial charge in [0.25, 0.3) is 0 Å². The van der Waals surface area contributed by atoms with Crippen LogP contribution in [0.5, 0.6) is 0 Å². The Morgan fingerprint density at radius 3 is 2.45 bits per heavy atom. The van der Waals surface area contributed by atoms with Crippen molar-refractivity contribution < 1.29 is 8.42 Å².